The Balaban J connectivity index is 3.47. The molecule has 4 nitrogen and oxygen atoms in total. The van der Waals surface area contributed by atoms with Crippen LogP contribution in [0.5, 0.6) is 0 Å². The lowest BCUT2D eigenvalue weighted by Gasteiger charge is -1.99. The van der Waals surface area contributed by atoms with Crippen LogP contribution in [0.15, 0.2) is 28.0 Å². The summed E-state index contributed by atoms with van der Waals surface area (Å²) in [5, 5.41) is 0. The molecule has 0 aliphatic rings. The molecule has 0 amide bonds. The van der Waals surface area contributed by atoms with E-state index in [1.165, 1.54) is 0 Å². The molecule has 84 valence electrons. The van der Waals surface area contributed by atoms with Gasteiger partial charge in [-0.2, -0.15) is 8.42 Å². The standard InChI is InChI=1S/C6H3ClF2O4S2/c7-14(10,11)6-2-1-4(3-5(6)8)15(9,12)13/h1-3H. The second-order valence-electron chi connectivity index (χ2n) is 2.47. The molecule has 0 aromatic heterocycles. The topological polar surface area (TPSA) is 68.3 Å². The summed E-state index contributed by atoms with van der Waals surface area (Å²) in [6.45, 7) is 0. The quantitative estimate of drug-likeness (QED) is 0.766. The van der Waals surface area contributed by atoms with E-state index >= 15 is 0 Å². The Morgan fingerprint density at radius 1 is 1.13 bits per heavy atom. The van der Waals surface area contributed by atoms with Crippen molar-refractivity contribution in [1.29, 1.82) is 0 Å². The van der Waals surface area contributed by atoms with Crippen molar-refractivity contribution >= 4 is 30.0 Å². The van der Waals surface area contributed by atoms with Crippen LogP contribution in [-0.4, -0.2) is 16.8 Å². The number of hydrogen-bond acceptors (Lipinski definition) is 4. The normalized spacial score (nSPS) is 12.7. The van der Waals surface area contributed by atoms with Crippen molar-refractivity contribution < 1.29 is 25.1 Å². The third kappa shape index (κ3) is 2.86. The molecule has 0 saturated heterocycles. The Morgan fingerprint density at radius 3 is 2.00 bits per heavy atom. The van der Waals surface area contributed by atoms with E-state index < -0.39 is 34.9 Å². The van der Waals surface area contributed by atoms with Gasteiger partial charge in [0.2, 0.25) is 0 Å². The Labute approximate surface area is 89.1 Å². The summed E-state index contributed by atoms with van der Waals surface area (Å²) in [5.74, 6) is -1.43. The zero-order valence-electron chi connectivity index (χ0n) is 6.82. The monoisotopic (exact) mass is 276 g/mol. The van der Waals surface area contributed by atoms with Gasteiger partial charge in [0.15, 0.2) is 0 Å². The van der Waals surface area contributed by atoms with E-state index in [9.17, 15) is 25.1 Å². The zero-order chi connectivity index (χ0) is 11.9. The fraction of sp³-hybridized carbons (Fsp3) is 0. The molecule has 1 aromatic rings. The third-order valence-electron chi connectivity index (χ3n) is 1.45. The maximum Gasteiger partial charge on any atom is 0.332 e. The van der Waals surface area contributed by atoms with Gasteiger partial charge in [0.05, 0.1) is 0 Å². The molecule has 0 unspecified atom stereocenters. The largest absolute Gasteiger partial charge is 0.332 e. The van der Waals surface area contributed by atoms with Crippen LogP contribution >= 0.6 is 10.7 Å². The van der Waals surface area contributed by atoms with Crippen LogP contribution in [0.25, 0.3) is 0 Å². The molecule has 9 heteroatoms. The number of hydrogen-bond donors (Lipinski definition) is 0. The average Bonchev–Trinajstić information content (AvgIpc) is 1.99. The van der Waals surface area contributed by atoms with Crippen LogP contribution in [0, 0.1) is 5.82 Å². The van der Waals surface area contributed by atoms with E-state index in [0.717, 1.165) is 0 Å². The van der Waals surface area contributed by atoms with Gasteiger partial charge in [-0.15, -0.1) is 3.89 Å². The second-order valence-corrected chi connectivity index (χ2v) is 6.35. The van der Waals surface area contributed by atoms with Gasteiger partial charge in [-0.1, -0.05) is 0 Å². The van der Waals surface area contributed by atoms with E-state index in [1.54, 1.807) is 0 Å². The average molecular weight is 277 g/mol. The number of rotatable bonds is 2. The van der Waals surface area contributed by atoms with Gasteiger partial charge in [0.25, 0.3) is 9.05 Å². The highest BCUT2D eigenvalue weighted by atomic mass is 35.7. The lowest BCUT2D eigenvalue weighted by molar-refractivity contribution is 0.544. The van der Waals surface area contributed by atoms with Crippen molar-refractivity contribution in [2.45, 2.75) is 9.79 Å². The first-order valence-electron chi connectivity index (χ1n) is 3.31. The molecular formula is C6H3ClF2O4S2. The first-order valence-corrected chi connectivity index (χ1v) is 7.00. The summed E-state index contributed by atoms with van der Waals surface area (Å²) in [5.41, 5.74) is 0. The molecular weight excluding hydrogens is 274 g/mol. The van der Waals surface area contributed by atoms with Crippen molar-refractivity contribution in [3.63, 3.8) is 0 Å². The lowest BCUT2D eigenvalue weighted by atomic mass is 10.3. The minimum absolute atomic E-state index is 0.241. The van der Waals surface area contributed by atoms with E-state index in [0.29, 0.717) is 12.1 Å². The van der Waals surface area contributed by atoms with Gasteiger partial charge in [-0.3, -0.25) is 0 Å². The van der Waals surface area contributed by atoms with E-state index in [2.05, 4.69) is 0 Å². The predicted octanol–water partition coefficient (Wildman–Crippen LogP) is 1.41. The minimum atomic E-state index is -5.07. The smallest absolute Gasteiger partial charge is 0.207 e. The summed E-state index contributed by atoms with van der Waals surface area (Å²) in [6.07, 6.45) is 0. The third-order valence-corrected chi connectivity index (χ3v) is 3.62. The van der Waals surface area contributed by atoms with Crippen molar-refractivity contribution in [2.24, 2.45) is 0 Å². The van der Waals surface area contributed by atoms with E-state index in [4.69, 9.17) is 10.7 Å². The summed E-state index contributed by atoms with van der Waals surface area (Å²) in [6, 6.07) is 1.42. The molecule has 0 saturated carbocycles. The van der Waals surface area contributed by atoms with Crippen LogP contribution in [0.3, 0.4) is 0 Å². The summed E-state index contributed by atoms with van der Waals surface area (Å²) >= 11 is 0. The van der Waals surface area contributed by atoms with Crippen LogP contribution in [0.4, 0.5) is 8.28 Å². The lowest BCUT2D eigenvalue weighted by Crippen LogP contribution is -1.99. The van der Waals surface area contributed by atoms with Gasteiger partial charge in [0, 0.05) is 10.7 Å². The second kappa shape index (κ2) is 3.69. The Bertz CT molecular complexity index is 594. The molecule has 0 radical (unpaired) electrons. The van der Waals surface area contributed by atoms with Crippen LogP contribution < -0.4 is 0 Å². The van der Waals surface area contributed by atoms with Crippen molar-refractivity contribution in [3.05, 3.63) is 24.0 Å². The highest BCUT2D eigenvalue weighted by molar-refractivity contribution is 8.13. The summed E-state index contributed by atoms with van der Waals surface area (Å²) in [4.78, 5) is -1.87. The molecule has 0 spiro atoms. The molecule has 0 atom stereocenters. The van der Waals surface area contributed by atoms with Crippen LogP contribution in [0.1, 0.15) is 0 Å². The Hall–Kier alpha value is -0.730. The zero-order valence-corrected chi connectivity index (χ0v) is 9.20. The van der Waals surface area contributed by atoms with Crippen LogP contribution in [-0.2, 0) is 19.3 Å². The minimum Gasteiger partial charge on any atom is -0.207 e. The Morgan fingerprint density at radius 2 is 1.67 bits per heavy atom. The van der Waals surface area contributed by atoms with Crippen molar-refractivity contribution in [3.8, 4) is 0 Å². The van der Waals surface area contributed by atoms with Gasteiger partial charge in [0.1, 0.15) is 15.6 Å². The highest BCUT2D eigenvalue weighted by Gasteiger charge is 2.20. The summed E-state index contributed by atoms with van der Waals surface area (Å²) < 4.78 is 67.4. The van der Waals surface area contributed by atoms with E-state index in [1.807, 2.05) is 0 Å². The van der Waals surface area contributed by atoms with Gasteiger partial charge in [-0.25, -0.2) is 12.8 Å². The molecule has 0 aliphatic heterocycles. The first-order chi connectivity index (χ1) is 6.62. The number of halogens is 3. The molecule has 0 fully saturated rings. The molecule has 0 N–H and O–H groups in total. The molecule has 0 bridgehead atoms. The SMILES string of the molecule is O=S(=O)(F)c1ccc(S(=O)(=O)Cl)c(F)c1. The molecule has 15 heavy (non-hydrogen) atoms. The Kier molecular flexibility index (Phi) is 3.04. The maximum absolute atomic E-state index is 13.0. The van der Waals surface area contributed by atoms with Crippen molar-refractivity contribution in [2.75, 3.05) is 0 Å². The summed E-state index contributed by atoms with van der Waals surface area (Å²) in [7, 11) is -4.56. The fourth-order valence-corrected chi connectivity index (χ4v) is 2.20. The molecule has 1 rings (SSSR count). The van der Waals surface area contributed by atoms with Gasteiger partial charge < -0.3 is 0 Å². The van der Waals surface area contributed by atoms with E-state index in [-0.39, 0.29) is 6.07 Å². The predicted molar refractivity (Wildman–Crippen MR) is 47.7 cm³/mol. The van der Waals surface area contributed by atoms with Crippen molar-refractivity contribution in [1.82, 2.24) is 0 Å². The van der Waals surface area contributed by atoms with Gasteiger partial charge >= 0.3 is 10.2 Å². The maximum atomic E-state index is 13.0. The molecule has 0 heterocycles. The molecule has 1 aromatic carbocycles. The van der Waals surface area contributed by atoms with Gasteiger partial charge in [-0.05, 0) is 18.2 Å². The molecule has 0 aliphatic carbocycles. The van der Waals surface area contributed by atoms with Crippen LogP contribution in [0.2, 0.25) is 0 Å². The fourth-order valence-electron chi connectivity index (χ4n) is 0.831. The number of benzene rings is 1. The highest BCUT2D eigenvalue weighted by Crippen LogP contribution is 2.22. The first kappa shape index (κ1) is 12.3.